The Labute approximate surface area is 105 Å². The van der Waals surface area contributed by atoms with Crippen LogP contribution in [-0.4, -0.2) is 9.91 Å². The van der Waals surface area contributed by atoms with Crippen molar-refractivity contribution >= 4 is 17.2 Å². The van der Waals surface area contributed by atoms with Crippen LogP contribution in [0.25, 0.3) is 0 Å². The Morgan fingerprint density at radius 3 is 2.50 bits per heavy atom. The van der Waals surface area contributed by atoms with Gasteiger partial charge in [-0.3, -0.25) is 10.1 Å². The zero-order valence-corrected chi connectivity index (χ0v) is 10.2. The van der Waals surface area contributed by atoms with Crippen molar-refractivity contribution < 1.29 is 4.92 Å². The first kappa shape index (κ1) is 12.0. The second kappa shape index (κ2) is 4.83. The van der Waals surface area contributed by atoms with Crippen LogP contribution in [0.4, 0.5) is 17.2 Å². The average molecular weight is 243 g/mol. The van der Waals surface area contributed by atoms with Gasteiger partial charge in [0.1, 0.15) is 12.0 Å². The van der Waals surface area contributed by atoms with Gasteiger partial charge in [-0.05, 0) is 43.2 Å². The molecule has 1 aromatic heterocycles. The molecule has 0 radical (unpaired) electrons. The molecule has 0 aliphatic rings. The summed E-state index contributed by atoms with van der Waals surface area (Å²) in [6.07, 6.45) is 1.24. The molecule has 92 valence electrons. The van der Waals surface area contributed by atoms with E-state index >= 15 is 0 Å². The monoisotopic (exact) mass is 243 g/mol. The Balaban J connectivity index is 2.18. The molecule has 1 N–H and O–H groups in total. The molecule has 0 fully saturated rings. The van der Waals surface area contributed by atoms with Crippen LogP contribution in [0.3, 0.4) is 0 Å². The molecule has 0 saturated carbocycles. The van der Waals surface area contributed by atoms with Gasteiger partial charge >= 0.3 is 0 Å². The zero-order chi connectivity index (χ0) is 13.1. The Morgan fingerprint density at radius 2 is 1.94 bits per heavy atom. The summed E-state index contributed by atoms with van der Waals surface area (Å²) in [5, 5.41) is 13.6. The topological polar surface area (TPSA) is 68.1 Å². The van der Waals surface area contributed by atoms with E-state index in [0.29, 0.717) is 5.82 Å². The minimum Gasteiger partial charge on any atom is -0.340 e. The van der Waals surface area contributed by atoms with Crippen LogP contribution in [0.1, 0.15) is 11.1 Å². The van der Waals surface area contributed by atoms with Crippen molar-refractivity contribution in [3.8, 4) is 0 Å². The molecule has 5 nitrogen and oxygen atoms in total. The molecule has 2 rings (SSSR count). The summed E-state index contributed by atoms with van der Waals surface area (Å²) >= 11 is 0. The lowest BCUT2D eigenvalue weighted by atomic mass is 10.1. The third kappa shape index (κ3) is 2.63. The number of hydrogen-bond acceptors (Lipinski definition) is 4. The second-order valence-corrected chi connectivity index (χ2v) is 4.08. The highest BCUT2D eigenvalue weighted by Crippen LogP contribution is 2.19. The first-order valence-corrected chi connectivity index (χ1v) is 5.51. The van der Waals surface area contributed by atoms with Crippen molar-refractivity contribution in [2.24, 2.45) is 0 Å². The van der Waals surface area contributed by atoms with Gasteiger partial charge in [0.05, 0.1) is 4.92 Å². The van der Waals surface area contributed by atoms with Gasteiger partial charge in [-0.25, -0.2) is 4.98 Å². The van der Waals surface area contributed by atoms with Crippen molar-refractivity contribution in [3.05, 3.63) is 57.8 Å². The summed E-state index contributed by atoms with van der Waals surface area (Å²) in [6, 6.07) is 9.00. The molecule has 1 aromatic carbocycles. The van der Waals surface area contributed by atoms with Crippen LogP contribution >= 0.6 is 0 Å². The fourth-order valence-corrected chi connectivity index (χ4v) is 1.54. The van der Waals surface area contributed by atoms with Crippen LogP contribution < -0.4 is 5.32 Å². The lowest BCUT2D eigenvalue weighted by Crippen LogP contribution is -1.95. The van der Waals surface area contributed by atoms with Gasteiger partial charge in [-0.1, -0.05) is 6.07 Å². The Morgan fingerprint density at radius 1 is 1.17 bits per heavy atom. The summed E-state index contributed by atoms with van der Waals surface area (Å²) < 4.78 is 0. The quantitative estimate of drug-likeness (QED) is 0.663. The molecule has 0 bridgehead atoms. The van der Waals surface area contributed by atoms with E-state index in [-0.39, 0.29) is 5.69 Å². The molecule has 0 saturated heterocycles. The van der Waals surface area contributed by atoms with Gasteiger partial charge in [0.25, 0.3) is 5.69 Å². The molecule has 1 heterocycles. The molecule has 0 spiro atoms. The van der Waals surface area contributed by atoms with Crippen LogP contribution in [0.15, 0.2) is 36.5 Å². The van der Waals surface area contributed by atoms with E-state index in [0.717, 1.165) is 5.69 Å². The van der Waals surface area contributed by atoms with Crippen LogP contribution in [0.5, 0.6) is 0 Å². The number of rotatable bonds is 3. The summed E-state index contributed by atoms with van der Waals surface area (Å²) in [7, 11) is 0. The molecule has 5 heteroatoms. The van der Waals surface area contributed by atoms with Crippen molar-refractivity contribution in [3.63, 3.8) is 0 Å². The standard InChI is InChI=1S/C13H13N3O2/c1-9-3-4-11(7-10(9)2)15-13-6-5-12(8-14-13)16(17)18/h3-8H,1-2H3,(H,14,15). The highest BCUT2D eigenvalue weighted by atomic mass is 16.6. The first-order valence-electron chi connectivity index (χ1n) is 5.51. The normalized spacial score (nSPS) is 10.1. The summed E-state index contributed by atoms with van der Waals surface area (Å²) in [5.74, 6) is 0.587. The van der Waals surface area contributed by atoms with Gasteiger partial charge in [0.2, 0.25) is 0 Å². The van der Waals surface area contributed by atoms with E-state index in [1.165, 1.54) is 23.4 Å². The smallest absolute Gasteiger partial charge is 0.287 e. The fourth-order valence-electron chi connectivity index (χ4n) is 1.54. The maximum absolute atomic E-state index is 10.5. The number of nitrogens with one attached hydrogen (secondary N) is 1. The van der Waals surface area contributed by atoms with E-state index in [1.54, 1.807) is 6.07 Å². The molecular formula is C13H13N3O2. The van der Waals surface area contributed by atoms with Crippen molar-refractivity contribution in [2.45, 2.75) is 13.8 Å². The molecule has 0 atom stereocenters. The van der Waals surface area contributed by atoms with Gasteiger partial charge in [0, 0.05) is 11.8 Å². The van der Waals surface area contributed by atoms with Crippen LogP contribution in [-0.2, 0) is 0 Å². The Bertz CT molecular complexity index is 579. The number of aryl methyl sites for hydroxylation is 2. The predicted octanol–water partition coefficient (Wildman–Crippen LogP) is 3.35. The molecule has 2 aromatic rings. The zero-order valence-electron chi connectivity index (χ0n) is 10.2. The minimum absolute atomic E-state index is 0.0133. The molecule has 0 unspecified atom stereocenters. The average Bonchev–Trinajstić information content (AvgIpc) is 2.34. The summed E-state index contributed by atoms with van der Waals surface area (Å²) in [4.78, 5) is 14.0. The number of hydrogen-bond donors (Lipinski definition) is 1. The second-order valence-electron chi connectivity index (χ2n) is 4.08. The third-order valence-corrected chi connectivity index (χ3v) is 2.74. The van der Waals surface area contributed by atoms with E-state index < -0.39 is 4.92 Å². The molecule has 0 aliphatic heterocycles. The van der Waals surface area contributed by atoms with Crippen molar-refractivity contribution in [2.75, 3.05) is 5.32 Å². The lowest BCUT2D eigenvalue weighted by Gasteiger charge is -2.07. The minimum atomic E-state index is -0.465. The number of pyridine rings is 1. The maximum atomic E-state index is 10.5. The molecular weight excluding hydrogens is 230 g/mol. The highest BCUT2D eigenvalue weighted by molar-refractivity contribution is 5.58. The predicted molar refractivity (Wildman–Crippen MR) is 70.1 cm³/mol. The Kier molecular flexibility index (Phi) is 3.23. The van der Waals surface area contributed by atoms with Gasteiger partial charge < -0.3 is 5.32 Å². The van der Waals surface area contributed by atoms with E-state index in [2.05, 4.69) is 10.3 Å². The van der Waals surface area contributed by atoms with Crippen molar-refractivity contribution in [1.29, 1.82) is 0 Å². The SMILES string of the molecule is Cc1ccc(Nc2ccc([N+](=O)[O-])cn2)cc1C. The first-order chi connectivity index (χ1) is 8.56. The highest BCUT2D eigenvalue weighted by Gasteiger charge is 2.05. The molecule has 0 aliphatic carbocycles. The summed E-state index contributed by atoms with van der Waals surface area (Å²) in [5.41, 5.74) is 3.30. The molecule has 18 heavy (non-hydrogen) atoms. The fraction of sp³-hybridized carbons (Fsp3) is 0.154. The van der Waals surface area contributed by atoms with Crippen LogP contribution in [0.2, 0.25) is 0 Å². The van der Waals surface area contributed by atoms with E-state index in [9.17, 15) is 10.1 Å². The lowest BCUT2D eigenvalue weighted by molar-refractivity contribution is -0.385. The number of aromatic nitrogens is 1. The largest absolute Gasteiger partial charge is 0.340 e. The van der Waals surface area contributed by atoms with Gasteiger partial charge in [0.15, 0.2) is 0 Å². The van der Waals surface area contributed by atoms with E-state index in [1.807, 2.05) is 32.0 Å². The van der Waals surface area contributed by atoms with Gasteiger partial charge in [-0.2, -0.15) is 0 Å². The number of benzene rings is 1. The maximum Gasteiger partial charge on any atom is 0.287 e. The Hall–Kier alpha value is -2.43. The third-order valence-electron chi connectivity index (χ3n) is 2.74. The summed E-state index contributed by atoms with van der Waals surface area (Å²) in [6.45, 7) is 4.08. The number of nitrogens with zero attached hydrogens (tertiary/aromatic N) is 2. The van der Waals surface area contributed by atoms with E-state index in [4.69, 9.17) is 0 Å². The number of anilines is 2. The van der Waals surface area contributed by atoms with Crippen LogP contribution in [0, 0.1) is 24.0 Å². The van der Waals surface area contributed by atoms with Gasteiger partial charge in [-0.15, -0.1) is 0 Å². The number of nitro groups is 1. The van der Waals surface area contributed by atoms with Crippen molar-refractivity contribution in [1.82, 2.24) is 4.98 Å². The molecule has 0 amide bonds.